The van der Waals surface area contributed by atoms with Crippen molar-refractivity contribution in [2.75, 3.05) is 7.11 Å². The van der Waals surface area contributed by atoms with Crippen LogP contribution in [0.25, 0.3) is 0 Å². The lowest BCUT2D eigenvalue weighted by Gasteiger charge is -2.27. The summed E-state index contributed by atoms with van der Waals surface area (Å²) < 4.78 is 40.7. The second-order valence-corrected chi connectivity index (χ2v) is 2.45. The molecule has 1 atom stereocenters. The first-order valence-electron chi connectivity index (χ1n) is 3.34. The van der Waals surface area contributed by atoms with Gasteiger partial charge in [-0.2, -0.15) is 13.2 Å². The van der Waals surface area contributed by atoms with Crippen molar-refractivity contribution in [3.05, 3.63) is 12.7 Å². The van der Waals surface area contributed by atoms with Gasteiger partial charge in [-0.05, 0) is 0 Å². The molecule has 0 saturated carbocycles. The van der Waals surface area contributed by atoms with Gasteiger partial charge in [-0.25, -0.2) is 4.79 Å². The summed E-state index contributed by atoms with van der Waals surface area (Å²) in [4.78, 5) is 10.8. The molecule has 0 bridgehead atoms. The molecule has 0 fully saturated rings. The van der Waals surface area contributed by atoms with Gasteiger partial charge in [0.25, 0.3) is 0 Å². The molecule has 2 N–H and O–H groups in total. The Labute approximate surface area is 73.4 Å². The topological polar surface area (TPSA) is 52.3 Å². The number of hydrogen-bond acceptors (Lipinski definition) is 3. The average Bonchev–Trinajstić information content (AvgIpc) is 2.01. The number of carbonyl (C=O) groups is 1. The molecule has 0 aromatic heterocycles. The summed E-state index contributed by atoms with van der Waals surface area (Å²) in [5, 5.41) is 0. The van der Waals surface area contributed by atoms with Crippen LogP contribution in [0.5, 0.6) is 0 Å². The summed E-state index contributed by atoms with van der Waals surface area (Å²) in [5.41, 5.74) is 1.89. The lowest BCUT2D eigenvalue weighted by Crippen LogP contribution is -2.59. The lowest BCUT2D eigenvalue weighted by atomic mass is 9.96. The average molecular weight is 197 g/mol. The van der Waals surface area contributed by atoms with Crippen LogP contribution < -0.4 is 5.73 Å². The van der Waals surface area contributed by atoms with E-state index >= 15 is 0 Å². The zero-order valence-electron chi connectivity index (χ0n) is 7.02. The minimum atomic E-state index is -4.84. The third kappa shape index (κ3) is 2.21. The third-order valence-corrected chi connectivity index (χ3v) is 1.52. The number of alkyl halides is 3. The Morgan fingerprint density at radius 3 is 2.31 bits per heavy atom. The van der Waals surface area contributed by atoms with E-state index in [9.17, 15) is 18.0 Å². The number of hydrogen-bond donors (Lipinski definition) is 1. The maximum Gasteiger partial charge on any atom is 0.417 e. The second-order valence-electron chi connectivity index (χ2n) is 2.45. The van der Waals surface area contributed by atoms with E-state index in [1.54, 1.807) is 0 Å². The smallest absolute Gasteiger partial charge is 0.417 e. The van der Waals surface area contributed by atoms with Crippen LogP contribution in [0.4, 0.5) is 13.2 Å². The summed E-state index contributed by atoms with van der Waals surface area (Å²) in [7, 11) is 0.846. The Bertz CT molecular complexity index is 214. The van der Waals surface area contributed by atoms with Crippen molar-refractivity contribution in [3.8, 4) is 0 Å². The number of ether oxygens (including phenoxy) is 1. The molecule has 13 heavy (non-hydrogen) atoms. The maximum atomic E-state index is 12.3. The van der Waals surface area contributed by atoms with Crippen LogP contribution in [0.15, 0.2) is 12.7 Å². The summed E-state index contributed by atoms with van der Waals surface area (Å²) >= 11 is 0. The molecular formula is C7H10F3NO2. The number of carbonyl (C=O) groups excluding carboxylic acids is 1. The first-order valence-corrected chi connectivity index (χ1v) is 3.34. The highest BCUT2D eigenvalue weighted by Crippen LogP contribution is 2.32. The molecule has 0 aliphatic heterocycles. The van der Waals surface area contributed by atoms with Gasteiger partial charge in [-0.15, -0.1) is 6.58 Å². The van der Waals surface area contributed by atoms with Crippen LogP contribution in [-0.2, 0) is 9.53 Å². The minimum absolute atomic E-state index is 0.705. The number of methoxy groups -OCH3 is 1. The Morgan fingerprint density at radius 1 is 1.62 bits per heavy atom. The van der Waals surface area contributed by atoms with Crippen molar-refractivity contribution in [1.82, 2.24) is 0 Å². The lowest BCUT2D eigenvalue weighted by molar-refractivity contribution is -0.203. The molecule has 0 aliphatic rings. The van der Waals surface area contributed by atoms with Crippen molar-refractivity contribution in [1.29, 1.82) is 0 Å². The highest BCUT2D eigenvalue weighted by atomic mass is 19.4. The largest absolute Gasteiger partial charge is 0.467 e. The molecule has 0 radical (unpaired) electrons. The zero-order valence-corrected chi connectivity index (χ0v) is 7.02. The molecule has 76 valence electrons. The maximum absolute atomic E-state index is 12.3. The van der Waals surface area contributed by atoms with Crippen LogP contribution in [0.2, 0.25) is 0 Å². The highest BCUT2D eigenvalue weighted by molar-refractivity contribution is 5.81. The molecule has 6 heteroatoms. The van der Waals surface area contributed by atoms with Crippen molar-refractivity contribution in [2.24, 2.45) is 5.73 Å². The molecule has 0 aliphatic carbocycles. The Balaban J connectivity index is 4.94. The van der Waals surface area contributed by atoms with E-state index in [1.165, 1.54) is 0 Å². The molecule has 0 spiro atoms. The van der Waals surface area contributed by atoms with E-state index < -0.39 is 24.1 Å². The molecule has 0 heterocycles. The number of rotatable bonds is 3. The van der Waals surface area contributed by atoms with Crippen molar-refractivity contribution in [2.45, 2.75) is 18.1 Å². The van der Waals surface area contributed by atoms with E-state index in [2.05, 4.69) is 11.3 Å². The van der Waals surface area contributed by atoms with Crippen molar-refractivity contribution in [3.63, 3.8) is 0 Å². The van der Waals surface area contributed by atoms with E-state index in [-0.39, 0.29) is 0 Å². The van der Waals surface area contributed by atoms with Crippen LogP contribution in [-0.4, -0.2) is 24.8 Å². The van der Waals surface area contributed by atoms with E-state index in [0.29, 0.717) is 0 Å². The van der Waals surface area contributed by atoms with Crippen molar-refractivity contribution >= 4 is 5.97 Å². The predicted octanol–water partition coefficient (Wildman–Crippen LogP) is 0.995. The minimum Gasteiger partial charge on any atom is -0.467 e. The predicted molar refractivity (Wildman–Crippen MR) is 39.8 cm³/mol. The zero-order chi connectivity index (χ0) is 10.7. The van der Waals surface area contributed by atoms with Crippen LogP contribution in [0.1, 0.15) is 6.42 Å². The third-order valence-electron chi connectivity index (χ3n) is 1.52. The van der Waals surface area contributed by atoms with Crippen LogP contribution >= 0.6 is 0 Å². The van der Waals surface area contributed by atoms with Crippen LogP contribution in [0.3, 0.4) is 0 Å². The quantitative estimate of drug-likeness (QED) is 0.542. The fourth-order valence-corrected chi connectivity index (χ4v) is 0.725. The molecular weight excluding hydrogens is 187 g/mol. The highest BCUT2D eigenvalue weighted by Gasteiger charge is 2.57. The first-order chi connectivity index (χ1) is 5.79. The van der Waals surface area contributed by atoms with Gasteiger partial charge in [-0.3, -0.25) is 0 Å². The monoisotopic (exact) mass is 197 g/mol. The van der Waals surface area contributed by atoms with Gasteiger partial charge in [0.15, 0.2) is 0 Å². The molecule has 3 nitrogen and oxygen atoms in total. The fraction of sp³-hybridized carbons (Fsp3) is 0.571. The molecule has 0 saturated heterocycles. The van der Waals surface area contributed by atoms with Gasteiger partial charge >= 0.3 is 12.1 Å². The van der Waals surface area contributed by atoms with Crippen molar-refractivity contribution < 1.29 is 22.7 Å². The summed E-state index contributed by atoms with van der Waals surface area (Å²) in [6, 6.07) is 0. The Hall–Kier alpha value is -1.04. The standard InChI is InChI=1S/C7H10F3NO2/c1-3-4-6(11,5(12)13-2)7(8,9)10/h3H,1,4,11H2,2H3/t6-/m0/s1. The van der Waals surface area contributed by atoms with E-state index in [1.807, 2.05) is 0 Å². The van der Waals surface area contributed by atoms with Gasteiger partial charge in [0, 0.05) is 6.42 Å². The van der Waals surface area contributed by atoms with E-state index in [4.69, 9.17) is 5.73 Å². The SMILES string of the molecule is C=CC[C@](N)(C(=O)OC)C(F)(F)F. The van der Waals surface area contributed by atoms with Gasteiger partial charge in [-0.1, -0.05) is 6.08 Å². The molecule has 0 aromatic rings. The molecule has 0 aromatic carbocycles. The summed E-state index contributed by atoms with van der Waals surface area (Å²) in [6.45, 7) is 3.09. The molecule has 0 unspecified atom stereocenters. The number of halogens is 3. The van der Waals surface area contributed by atoms with Gasteiger partial charge in [0.2, 0.25) is 5.54 Å². The van der Waals surface area contributed by atoms with Gasteiger partial charge in [0.05, 0.1) is 7.11 Å². The first kappa shape index (κ1) is 12.0. The molecule has 0 rings (SSSR count). The summed E-state index contributed by atoms with van der Waals surface area (Å²) in [5.74, 6) is -1.51. The number of nitrogens with two attached hydrogens (primary N) is 1. The van der Waals surface area contributed by atoms with Crippen LogP contribution in [0, 0.1) is 0 Å². The number of esters is 1. The second kappa shape index (κ2) is 3.78. The Kier molecular flexibility index (Phi) is 3.48. The van der Waals surface area contributed by atoms with Gasteiger partial charge < -0.3 is 10.5 Å². The fourth-order valence-electron chi connectivity index (χ4n) is 0.725. The molecule has 0 amide bonds. The summed E-state index contributed by atoms with van der Waals surface area (Å²) in [6.07, 6.45) is -4.62. The normalized spacial score (nSPS) is 16.1. The van der Waals surface area contributed by atoms with Gasteiger partial charge in [0.1, 0.15) is 0 Å². The Morgan fingerprint density at radius 2 is 2.08 bits per heavy atom. The van der Waals surface area contributed by atoms with E-state index in [0.717, 1.165) is 13.2 Å².